The second kappa shape index (κ2) is 8.62. The third kappa shape index (κ3) is 4.92. The quantitative estimate of drug-likeness (QED) is 0.645. The van der Waals surface area contributed by atoms with Crippen LogP contribution in [0.15, 0.2) is 41.8 Å². The van der Waals surface area contributed by atoms with Crippen molar-refractivity contribution in [3.63, 3.8) is 0 Å². The van der Waals surface area contributed by atoms with Crippen LogP contribution < -0.4 is 10.1 Å². The van der Waals surface area contributed by atoms with Crippen LogP contribution in [0.25, 0.3) is 0 Å². The summed E-state index contributed by atoms with van der Waals surface area (Å²) in [5, 5.41) is 4.62. The number of amides is 2. The lowest BCUT2D eigenvalue weighted by molar-refractivity contribution is -0.142. The summed E-state index contributed by atoms with van der Waals surface area (Å²) < 4.78 is 5.30. The molecule has 2 amide bonds. The number of benzene rings is 1. The van der Waals surface area contributed by atoms with Gasteiger partial charge in [0, 0.05) is 18.7 Å². The monoisotopic (exact) mass is 372 g/mol. The molecule has 0 spiro atoms. The zero-order valence-electron chi connectivity index (χ0n) is 14.3. The number of anilines is 1. The predicted molar refractivity (Wildman–Crippen MR) is 99.4 cm³/mol. The van der Waals surface area contributed by atoms with Gasteiger partial charge in [-0.3, -0.25) is 9.59 Å². The van der Waals surface area contributed by atoms with Gasteiger partial charge >= 0.3 is 5.97 Å². The summed E-state index contributed by atoms with van der Waals surface area (Å²) in [4.78, 5) is 38.2. The first-order valence-corrected chi connectivity index (χ1v) is 9.43. The van der Waals surface area contributed by atoms with E-state index in [-0.39, 0.29) is 18.4 Å². The van der Waals surface area contributed by atoms with Crippen LogP contribution in [-0.2, 0) is 9.59 Å². The molecule has 0 unspecified atom stereocenters. The predicted octanol–water partition coefficient (Wildman–Crippen LogP) is 3.31. The molecule has 2 heterocycles. The van der Waals surface area contributed by atoms with Crippen molar-refractivity contribution in [2.75, 3.05) is 18.4 Å². The van der Waals surface area contributed by atoms with Crippen LogP contribution in [0.1, 0.15) is 35.4 Å². The molecular weight excluding hydrogens is 352 g/mol. The molecule has 1 aromatic heterocycles. The van der Waals surface area contributed by atoms with Gasteiger partial charge in [-0.15, -0.1) is 11.3 Å². The highest BCUT2D eigenvalue weighted by atomic mass is 32.1. The van der Waals surface area contributed by atoms with Crippen molar-refractivity contribution in [2.24, 2.45) is 0 Å². The van der Waals surface area contributed by atoms with Crippen molar-refractivity contribution in [1.82, 2.24) is 4.90 Å². The van der Waals surface area contributed by atoms with Gasteiger partial charge in [0.25, 0.3) is 5.91 Å². The number of carbonyl (C=O) groups is 3. The minimum absolute atomic E-state index is 0.00564. The fraction of sp³-hybridized carbons (Fsp3) is 0.316. The van der Waals surface area contributed by atoms with Crippen LogP contribution in [0.2, 0.25) is 0 Å². The Morgan fingerprint density at radius 2 is 1.92 bits per heavy atom. The first kappa shape index (κ1) is 18.1. The van der Waals surface area contributed by atoms with E-state index in [0.717, 1.165) is 19.3 Å². The van der Waals surface area contributed by atoms with Gasteiger partial charge in [0.2, 0.25) is 5.91 Å². The van der Waals surface area contributed by atoms with Crippen LogP contribution in [0, 0.1) is 0 Å². The van der Waals surface area contributed by atoms with Crippen LogP contribution in [0.4, 0.5) is 5.69 Å². The van der Waals surface area contributed by atoms with Crippen LogP contribution in [0.5, 0.6) is 5.75 Å². The van der Waals surface area contributed by atoms with E-state index in [0.29, 0.717) is 29.3 Å². The highest BCUT2D eigenvalue weighted by Gasteiger charge is 2.20. The minimum Gasteiger partial charge on any atom is -0.425 e. The second-order valence-electron chi connectivity index (χ2n) is 6.06. The molecule has 6 nitrogen and oxygen atoms in total. The second-order valence-corrected chi connectivity index (χ2v) is 7.00. The maximum atomic E-state index is 12.1. The number of hydrogen-bond donors (Lipinski definition) is 1. The first-order chi connectivity index (χ1) is 12.6. The maximum Gasteiger partial charge on any atom is 0.331 e. The fourth-order valence-corrected chi connectivity index (χ4v) is 3.35. The van der Waals surface area contributed by atoms with E-state index < -0.39 is 5.97 Å². The SMILES string of the molecule is O=C(CN1CCCCCC1=O)Oc1ccc(NC(=O)c2cccs2)cc1. The molecule has 1 aromatic carbocycles. The zero-order valence-corrected chi connectivity index (χ0v) is 15.1. The van der Waals surface area contributed by atoms with E-state index in [1.54, 1.807) is 35.2 Å². The molecule has 1 aliphatic heterocycles. The summed E-state index contributed by atoms with van der Waals surface area (Å²) in [7, 11) is 0. The smallest absolute Gasteiger partial charge is 0.331 e. The molecule has 0 bridgehead atoms. The largest absolute Gasteiger partial charge is 0.425 e. The Bertz CT molecular complexity index is 771. The van der Waals surface area contributed by atoms with Crippen molar-refractivity contribution in [3.05, 3.63) is 46.7 Å². The summed E-state index contributed by atoms with van der Waals surface area (Å²) in [6.45, 7) is 0.567. The van der Waals surface area contributed by atoms with Crippen molar-refractivity contribution < 1.29 is 19.1 Å². The number of thiophene rings is 1. The molecule has 1 fully saturated rings. The van der Waals surface area contributed by atoms with Gasteiger partial charge in [0.1, 0.15) is 12.3 Å². The summed E-state index contributed by atoms with van der Waals surface area (Å²) in [6, 6.07) is 10.1. The summed E-state index contributed by atoms with van der Waals surface area (Å²) in [6.07, 6.45) is 3.29. The van der Waals surface area contributed by atoms with Gasteiger partial charge in [0.05, 0.1) is 4.88 Å². The standard InChI is InChI=1S/C19H20N2O4S/c22-17-6-2-1-3-11-21(17)13-18(23)25-15-9-7-14(8-10-15)20-19(24)16-5-4-12-26-16/h4-5,7-10,12H,1-3,6,11,13H2,(H,20,24). The molecule has 26 heavy (non-hydrogen) atoms. The molecule has 1 N–H and O–H groups in total. The fourth-order valence-electron chi connectivity index (χ4n) is 2.73. The minimum atomic E-state index is -0.462. The van der Waals surface area contributed by atoms with E-state index in [4.69, 9.17) is 4.74 Å². The Hall–Kier alpha value is -2.67. The molecule has 3 rings (SSSR count). The zero-order chi connectivity index (χ0) is 18.4. The maximum absolute atomic E-state index is 12.1. The Morgan fingerprint density at radius 3 is 2.65 bits per heavy atom. The molecule has 136 valence electrons. The van der Waals surface area contributed by atoms with Crippen molar-refractivity contribution >= 4 is 34.8 Å². The van der Waals surface area contributed by atoms with Gasteiger partial charge in [-0.25, -0.2) is 4.79 Å². The van der Waals surface area contributed by atoms with Gasteiger partial charge in [-0.1, -0.05) is 12.5 Å². The Kier molecular flexibility index (Phi) is 6.01. The van der Waals surface area contributed by atoms with E-state index in [9.17, 15) is 14.4 Å². The van der Waals surface area contributed by atoms with Gasteiger partial charge in [-0.05, 0) is 48.6 Å². The van der Waals surface area contributed by atoms with Crippen molar-refractivity contribution in [3.8, 4) is 5.75 Å². The van der Waals surface area contributed by atoms with Gasteiger partial charge < -0.3 is 15.0 Å². The van der Waals surface area contributed by atoms with Crippen molar-refractivity contribution in [1.29, 1.82) is 0 Å². The highest BCUT2D eigenvalue weighted by Crippen LogP contribution is 2.18. The topological polar surface area (TPSA) is 75.7 Å². The van der Waals surface area contributed by atoms with E-state index >= 15 is 0 Å². The number of ether oxygens (including phenoxy) is 1. The molecule has 1 saturated heterocycles. The van der Waals surface area contributed by atoms with Crippen LogP contribution >= 0.6 is 11.3 Å². The number of hydrogen-bond acceptors (Lipinski definition) is 5. The van der Waals surface area contributed by atoms with E-state index in [1.165, 1.54) is 11.3 Å². The van der Waals surface area contributed by atoms with Crippen LogP contribution in [0.3, 0.4) is 0 Å². The third-order valence-corrected chi connectivity index (χ3v) is 4.95. The third-order valence-electron chi connectivity index (χ3n) is 4.08. The number of nitrogens with zero attached hydrogens (tertiary/aromatic N) is 1. The lowest BCUT2D eigenvalue weighted by Gasteiger charge is -2.19. The lowest BCUT2D eigenvalue weighted by atomic mass is 10.2. The molecule has 0 aliphatic carbocycles. The number of esters is 1. The Labute approximate surface area is 155 Å². The highest BCUT2D eigenvalue weighted by molar-refractivity contribution is 7.12. The van der Waals surface area contributed by atoms with Crippen LogP contribution in [-0.4, -0.2) is 35.8 Å². The summed E-state index contributed by atoms with van der Waals surface area (Å²) in [5.41, 5.74) is 0.617. The number of rotatable bonds is 5. The van der Waals surface area contributed by atoms with Crippen molar-refractivity contribution in [2.45, 2.75) is 25.7 Å². The molecule has 0 saturated carbocycles. The molecular formula is C19H20N2O4S. The summed E-state index contributed by atoms with van der Waals surface area (Å²) in [5.74, 6) is -0.252. The first-order valence-electron chi connectivity index (χ1n) is 8.55. The lowest BCUT2D eigenvalue weighted by Crippen LogP contribution is -2.36. The number of likely N-dealkylation sites (tertiary alicyclic amines) is 1. The Balaban J connectivity index is 1.52. The molecule has 2 aromatic rings. The molecule has 0 atom stereocenters. The molecule has 7 heteroatoms. The molecule has 1 aliphatic rings. The Morgan fingerprint density at radius 1 is 1.12 bits per heavy atom. The average molecular weight is 372 g/mol. The number of carbonyl (C=O) groups excluding carboxylic acids is 3. The average Bonchev–Trinajstić information content (AvgIpc) is 3.09. The summed E-state index contributed by atoms with van der Waals surface area (Å²) >= 11 is 1.37. The van der Waals surface area contributed by atoms with E-state index in [2.05, 4.69) is 5.32 Å². The van der Waals surface area contributed by atoms with E-state index in [1.807, 2.05) is 11.4 Å². The number of nitrogens with one attached hydrogen (secondary N) is 1. The van der Waals surface area contributed by atoms with Gasteiger partial charge in [-0.2, -0.15) is 0 Å². The normalized spacial score (nSPS) is 14.6. The van der Waals surface area contributed by atoms with Gasteiger partial charge in [0.15, 0.2) is 0 Å². The molecule has 0 radical (unpaired) electrons.